The molecule has 1 fully saturated rings. The van der Waals surface area contributed by atoms with Crippen molar-refractivity contribution in [2.75, 3.05) is 26.7 Å². The minimum Gasteiger partial charge on any atom is -0.468 e. The molecule has 0 amide bonds. The number of rotatable bonds is 7. The highest BCUT2D eigenvalue weighted by molar-refractivity contribution is 7.89. The average Bonchev–Trinajstić information content (AvgIpc) is 3.22. The van der Waals surface area contributed by atoms with Gasteiger partial charge in [-0.05, 0) is 68.8 Å². The first-order chi connectivity index (χ1) is 13.4. The van der Waals surface area contributed by atoms with E-state index in [1.807, 2.05) is 12.1 Å². The first-order valence-corrected chi connectivity index (χ1v) is 10.9. The van der Waals surface area contributed by atoms with Gasteiger partial charge in [-0.15, -0.1) is 0 Å². The molecule has 1 aromatic carbocycles. The van der Waals surface area contributed by atoms with Crippen molar-refractivity contribution in [1.82, 2.24) is 9.62 Å². The van der Waals surface area contributed by atoms with E-state index in [2.05, 4.69) is 14.4 Å². The predicted molar refractivity (Wildman–Crippen MR) is 105 cm³/mol. The molecule has 3 rings (SSSR count). The quantitative estimate of drug-likeness (QED) is 0.711. The Bertz CT molecular complexity index is 903. The molecule has 2 aromatic rings. The van der Waals surface area contributed by atoms with Gasteiger partial charge in [-0.2, -0.15) is 0 Å². The summed E-state index contributed by atoms with van der Waals surface area (Å²) in [5.74, 6) is 0.255. The number of carbonyl (C=O) groups is 1. The molecule has 28 heavy (non-hydrogen) atoms. The topological polar surface area (TPSA) is 88.8 Å². The van der Waals surface area contributed by atoms with Crippen LogP contribution in [0.1, 0.15) is 47.0 Å². The number of methoxy groups -OCH3 is 1. The molecule has 0 saturated carbocycles. The Balaban J connectivity index is 1.78. The standard InChI is InChI=1S/C20H26N2O5S/c1-15-13-16(20(23)26-2)8-9-19(15)28(24,25)21-14-17(18-7-6-12-27-18)22-10-4-3-5-11-22/h6-9,12-13,17,21H,3-5,10-11,14H2,1-2H3. The van der Waals surface area contributed by atoms with Crippen molar-refractivity contribution >= 4 is 16.0 Å². The number of likely N-dealkylation sites (tertiary alicyclic amines) is 1. The Labute approximate surface area is 165 Å². The van der Waals surface area contributed by atoms with E-state index in [0.29, 0.717) is 11.1 Å². The molecule has 0 radical (unpaired) electrons. The van der Waals surface area contributed by atoms with Crippen molar-refractivity contribution in [3.8, 4) is 0 Å². The van der Waals surface area contributed by atoms with Gasteiger partial charge in [0.15, 0.2) is 0 Å². The van der Waals surface area contributed by atoms with Crippen molar-refractivity contribution in [2.24, 2.45) is 0 Å². The van der Waals surface area contributed by atoms with Gasteiger partial charge in [0, 0.05) is 6.54 Å². The highest BCUT2D eigenvalue weighted by Gasteiger charge is 2.27. The normalized spacial score (nSPS) is 16.6. The van der Waals surface area contributed by atoms with Gasteiger partial charge in [0.2, 0.25) is 10.0 Å². The number of nitrogens with one attached hydrogen (secondary N) is 1. The van der Waals surface area contributed by atoms with E-state index in [-0.39, 0.29) is 17.5 Å². The summed E-state index contributed by atoms with van der Waals surface area (Å²) < 4.78 is 38.7. The van der Waals surface area contributed by atoms with E-state index in [4.69, 9.17) is 4.42 Å². The lowest BCUT2D eigenvalue weighted by Crippen LogP contribution is -2.40. The van der Waals surface area contributed by atoms with Crippen LogP contribution in [0.15, 0.2) is 45.9 Å². The van der Waals surface area contributed by atoms with E-state index in [9.17, 15) is 13.2 Å². The van der Waals surface area contributed by atoms with Gasteiger partial charge in [-0.1, -0.05) is 6.42 Å². The molecule has 1 aliphatic heterocycles. The summed E-state index contributed by atoms with van der Waals surface area (Å²) in [6.45, 7) is 3.71. The molecular weight excluding hydrogens is 380 g/mol. The van der Waals surface area contributed by atoms with Crippen molar-refractivity contribution in [2.45, 2.75) is 37.1 Å². The second-order valence-corrected chi connectivity index (χ2v) is 8.69. The van der Waals surface area contributed by atoms with Crippen LogP contribution >= 0.6 is 0 Å². The molecule has 1 aromatic heterocycles. The summed E-state index contributed by atoms with van der Waals surface area (Å²) in [5, 5.41) is 0. The molecule has 1 saturated heterocycles. The number of aryl methyl sites for hydroxylation is 1. The molecule has 0 spiro atoms. The SMILES string of the molecule is COC(=O)c1ccc(S(=O)(=O)NCC(c2ccco2)N2CCCCC2)c(C)c1. The number of nitrogens with zero attached hydrogens (tertiary/aromatic N) is 1. The number of piperidine rings is 1. The molecule has 0 bridgehead atoms. The Kier molecular flexibility index (Phi) is 6.53. The fourth-order valence-corrected chi connectivity index (χ4v) is 4.85. The second-order valence-electron chi connectivity index (χ2n) is 6.95. The monoisotopic (exact) mass is 406 g/mol. The van der Waals surface area contributed by atoms with Gasteiger partial charge < -0.3 is 9.15 Å². The van der Waals surface area contributed by atoms with Crippen LogP contribution in [0.4, 0.5) is 0 Å². The van der Waals surface area contributed by atoms with Crippen LogP contribution in [0.5, 0.6) is 0 Å². The Hall–Kier alpha value is -2.16. The number of hydrogen-bond acceptors (Lipinski definition) is 6. The molecular formula is C20H26N2O5S. The van der Waals surface area contributed by atoms with Crippen molar-refractivity contribution in [3.63, 3.8) is 0 Å². The van der Waals surface area contributed by atoms with Gasteiger partial charge >= 0.3 is 5.97 Å². The van der Waals surface area contributed by atoms with Crippen LogP contribution in [0.25, 0.3) is 0 Å². The first-order valence-electron chi connectivity index (χ1n) is 9.38. The lowest BCUT2D eigenvalue weighted by atomic mass is 10.1. The number of esters is 1. The van der Waals surface area contributed by atoms with Gasteiger partial charge in [-0.3, -0.25) is 4.90 Å². The van der Waals surface area contributed by atoms with Gasteiger partial charge in [0.1, 0.15) is 5.76 Å². The first kappa shape index (κ1) is 20.6. The largest absolute Gasteiger partial charge is 0.468 e. The maximum atomic E-state index is 12.9. The van der Waals surface area contributed by atoms with Crippen LogP contribution in [0.2, 0.25) is 0 Å². The van der Waals surface area contributed by atoms with Crippen LogP contribution < -0.4 is 4.72 Å². The van der Waals surface area contributed by atoms with Crippen molar-refractivity contribution < 1.29 is 22.4 Å². The van der Waals surface area contributed by atoms with E-state index in [0.717, 1.165) is 31.7 Å². The summed E-state index contributed by atoms with van der Waals surface area (Å²) in [6, 6.07) is 7.96. The summed E-state index contributed by atoms with van der Waals surface area (Å²) >= 11 is 0. The van der Waals surface area contributed by atoms with E-state index >= 15 is 0 Å². The summed E-state index contributed by atoms with van der Waals surface area (Å²) in [5.41, 5.74) is 0.809. The molecule has 8 heteroatoms. The number of sulfonamides is 1. The Morgan fingerprint density at radius 1 is 1.25 bits per heavy atom. The fraction of sp³-hybridized carbons (Fsp3) is 0.450. The number of ether oxygens (including phenoxy) is 1. The highest BCUT2D eigenvalue weighted by Crippen LogP contribution is 2.25. The predicted octanol–water partition coefficient (Wildman–Crippen LogP) is 2.88. The van der Waals surface area contributed by atoms with E-state index < -0.39 is 16.0 Å². The van der Waals surface area contributed by atoms with Crippen LogP contribution in [-0.2, 0) is 14.8 Å². The molecule has 1 unspecified atom stereocenters. The van der Waals surface area contributed by atoms with Gasteiger partial charge in [0.25, 0.3) is 0 Å². The minimum atomic E-state index is -3.74. The Morgan fingerprint density at radius 2 is 2.00 bits per heavy atom. The third kappa shape index (κ3) is 4.63. The molecule has 1 N–H and O–H groups in total. The summed E-state index contributed by atoms with van der Waals surface area (Å²) in [4.78, 5) is 14.1. The third-order valence-electron chi connectivity index (χ3n) is 5.06. The van der Waals surface area contributed by atoms with Crippen LogP contribution in [0, 0.1) is 6.92 Å². The molecule has 1 atom stereocenters. The zero-order valence-electron chi connectivity index (χ0n) is 16.2. The van der Waals surface area contributed by atoms with Crippen LogP contribution in [-0.4, -0.2) is 46.0 Å². The van der Waals surface area contributed by atoms with Gasteiger partial charge in [0.05, 0.1) is 29.9 Å². The molecule has 1 aliphatic rings. The van der Waals surface area contributed by atoms with Crippen LogP contribution in [0.3, 0.4) is 0 Å². The van der Waals surface area contributed by atoms with E-state index in [1.165, 1.54) is 31.7 Å². The Morgan fingerprint density at radius 3 is 2.61 bits per heavy atom. The summed E-state index contributed by atoms with van der Waals surface area (Å²) in [7, 11) is -2.44. The highest BCUT2D eigenvalue weighted by atomic mass is 32.2. The number of furan rings is 1. The number of carbonyl (C=O) groups excluding carboxylic acids is 1. The lowest BCUT2D eigenvalue weighted by Gasteiger charge is -2.33. The van der Waals surface area contributed by atoms with Crippen molar-refractivity contribution in [1.29, 1.82) is 0 Å². The van der Waals surface area contributed by atoms with E-state index in [1.54, 1.807) is 13.2 Å². The number of benzene rings is 1. The maximum absolute atomic E-state index is 12.9. The molecule has 0 aliphatic carbocycles. The third-order valence-corrected chi connectivity index (χ3v) is 6.64. The average molecular weight is 407 g/mol. The second kappa shape index (κ2) is 8.89. The molecule has 2 heterocycles. The maximum Gasteiger partial charge on any atom is 0.337 e. The molecule has 152 valence electrons. The smallest absolute Gasteiger partial charge is 0.337 e. The zero-order valence-corrected chi connectivity index (χ0v) is 17.0. The lowest BCUT2D eigenvalue weighted by molar-refractivity contribution is 0.0600. The zero-order chi connectivity index (χ0) is 20.1. The van der Waals surface area contributed by atoms with Crippen molar-refractivity contribution in [3.05, 3.63) is 53.5 Å². The minimum absolute atomic E-state index is 0.150. The number of hydrogen-bond donors (Lipinski definition) is 1. The summed E-state index contributed by atoms with van der Waals surface area (Å²) in [6.07, 6.45) is 4.99. The van der Waals surface area contributed by atoms with Gasteiger partial charge in [-0.25, -0.2) is 17.9 Å². The fourth-order valence-electron chi connectivity index (χ4n) is 3.58. The molecule has 7 nitrogen and oxygen atoms in total.